The molecule has 11 heteroatoms. The third-order valence-corrected chi connectivity index (χ3v) is 7.13. The Bertz CT molecular complexity index is 1280. The summed E-state index contributed by atoms with van der Waals surface area (Å²) in [4.78, 5) is 30.7. The lowest BCUT2D eigenvalue weighted by molar-refractivity contribution is 0.0448. The van der Waals surface area contributed by atoms with E-state index in [1.165, 1.54) is 10.7 Å². The number of carbonyl (C=O) groups excluding carboxylic acids is 1. The van der Waals surface area contributed by atoms with Crippen LogP contribution < -0.4 is 21.5 Å². The molecule has 0 bridgehead atoms. The minimum atomic E-state index is -0.524. The second-order valence-corrected chi connectivity index (χ2v) is 9.22. The van der Waals surface area contributed by atoms with Gasteiger partial charge in [0.1, 0.15) is 22.9 Å². The molecule has 0 saturated heterocycles. The molecular weight excluding hydrogens is 450 g/mol. The Morgan fingerprint density at radius 2 is 2.00 bits per heavy atom. The van der Waals surface area contributed by atoms with Crippen LogP contribution in [0.2, 0.25) is 0 Å². The van der Waals surface area contributed by atoms with Crippen LogP contribution in [-0.4, -0.2) is 62.6 Å². The summed E-state index contributed by atoms with van der Waals surface area (Å²) in [5.41, 5.74) is 0.930. The monoisotopic (exact) mass is 481 g/mol. The first kappa shape index (κ1) is 23.3. The van der Waals surface area contributed by atoms with E-state index in [0.29, 0.717) is 35.0 Å². The fourth-order valence-electron chi connectivity index (χ4n) is 4.85. The molecule has 0 aromatic carbocycles. The molecule has 4 N–H and O–H groups in total. The first-order chi connectivity index (χ1) is 17.0. The predicted molar refractivity (Wildman–Crippen MR) is 131 cm³/mol. The van der Waals surface area contributed by atoms with Gasteiger partial charge in [0.2, 0.25) is 0 Å². The van der Waals surface area contributed by atoms with Gasteiger partial charge in [0.05, 0.1) is 24.4 Å². The fraction of sp³-hybridized carbons (Fsp3) is 0.500. The Kier molecular flexibility index (Phi) is 6.44. The van der Waals surface area contributed by atoms with Crippen LogP contribution in [-0.2, 0) is 4.74 Å². The van der Waals surface area contributed by atoms with Crippen molar-refractivity contribution in [2.24, 2.45) is 0 Å². The van der Waals surface area contributed by atoms with E-state index in [9.17, 15) is 14.7 Å². The molecule has 11 nitrogen and oxygen atoms in total. The van der Waals surface area contributed by atoms with Gasteiger partial charge in [0.25, 0.3) is 11.5 Å². The summed E-state index contributed by atoms with van der Waals surface area (Å²) in [6.07, 6.45) is 8.07. The number of aromatic nitrogens is 4. The third kappa shape index (κ3) is 4.48. The maximum absolute atomic E-state index is 13.3. The zero-order chi connectivity index (χ0) is 24.5. The number of ether oxygens (including phenoxy) is 1. The lowest BCUT2D eigenvalue weighted by atomic mass is 9.89. The molecule has 2 atom stereocenters. The van der Waals surface area contributed by atoms with E-state index in [0.717, 1.165) is 32.1 Å². The summed E-state index contributed by atoms with van der Waals surface area (Å²) in [5.74, 6) is 0.677. The van der Waals surface area contributed by atoms with Crippen molar-refractivity contribution >= 4 is 28.9 Å². The number of aliphatic hydroxyl groups excluding tert-OH is 1. The Morgan fingerprint density at radius 1 is 1.20 bits per heavy atom. The van der Waals surface area contributed by atoms with E-state index < -0.39 is 6.10 Å². The van der Waals surface area contributed by atoms with Gasteiger partial charge >= 0.3 is 0 Å². The molecule has 3 aromatic rings. The number of rotatable bonds is 7. The van der Waals surface area contributed by atoms with Crippen LogP contribution in [0.15, 0.2) is 35.4 Å². The number of amides is 1. The molecule has 3 aromatic heterocycles. The Labute approximate surface area is 202 Å². The molecule has 3 heterocycles. The van der Waals surface area contributed by atoms with Gasteiger partial charge in [-0.05, 0) is 50.7 Å². The van der Waals surface area contributed by atoms with Crippen LogP contribution in [0.5, 0.6) is 0 Å². The smallest absolute Gasteiger partial charge is 0.274 e. The number of hydrogen-bond donors (Lipinski definition) is 4. The largest absolute Gasteiger partial charge is 0.391 e. The lowest BCUT2D eigenvalue weighted by Gasteiger charge is -2.32. The van der Waals surface area contributed by atoms with Crippen molar-refractivity contribution in [3.63, 3.8) is 0 Å². The number of carbonyl (C=O) groups is 1. The molecule has 35 heavy (non-hydrogen) atoms. The van der Waals surface area contributed by atoms with E-state index in [-0.39, 0.29) is 29.7 Å². The van der Waals surface area contributed by atoms with E-state index in [1.807, 2.05) is 12.3 Å². The maximum Gasteiger partial charge on any atom is 0.274 e. The highest BCUT2D eigenvalue weighted by atomic mass is 16.5. The maximum atomic E-state index is 13.3. The summed E-state index contributed by atoms with van der Waals surface area (Å²) in [7, 11) is 3.48. The number of fused-ring (bicyclic) bond motifs is 1. The van der Waals surface area contributed by atoms with Crippen LogP contribution in [0.4, 0.5) is 17.3 Å². The van der Waals surface area contributed by atoms with Gasteiger partial charge in [-0.2, -0.15) is 9.61 Å². The minimum Gasteiger partial charge on any atom is -0.391 e. The molecule has 2 aliphatic rings. The van der Waals surface area contributed by atoms with Crippen LogP contribution in [0.1, 0.15) is 54.9 Å². The first-order valence-electron chi connectivity index (χ1n) is 12.0. The molecule has 0 radical (unpaired) electrons. The molecule has 0 aliphatic heterocycles. The SMILES string of the molecule is CNc1cc(Nc2cccn([C@H]3CC[C@@H](OC)CC3)c2=O)nc2c(C(=O)N[C@H]3CC[C@H]3O)cnn12. The highest BCUT2D eigenvalue weighted by Crippen LogP contribution is 2.29. The molecule has 2 fully saturated rings. The molecule has 2 aliphatic carbocycles. The highest BCUT2D eigenvalue weighted by Gasteiger charge is 2.31. The topological polar surface area (TPSA) is 135 Å². The van der Waals surface area contributed by atoms with Gasteiger partial charge < -0.3 is 30.4 Å². The van der Waals surface area contributed by atoms with Crippen molar-refractivity contribution in [2.75, 3.05) is 24.8 Å². The second kappa shape index (κ2) is 9.67. The number of hydrogen-bond acceptors (Lipinski definition) is 8. The van der Waals surface area contributed by atoms with E-state index in [2.05, 4.69) is 26.0 Å². The van der Waals surface area contributed by atoms with Crippen molar-refractivity contribution in [1.82, 2.24) is 24.5 Å². The number of aliphatic hydroxyl groups is 1. The first-order valence-corrected chi connectivity index (χ1v) is 12.0. The van der Waals surface area contributed by atoms with E-state index in [1.54, 1.807) is 30.9 Å². The normalized spacial score (nSPS) is 24.1. The molecule has 1 amide bonds. The van der Waals surface area contributed by atoms with Gasteiger partial charge in [0, 0.05) is 32.5 Å². The number of anilines is 3. The van der Waals surface area contributed by atoms with Gasteiger partial charge in [-0.1, -0.05) is 0 Å². The number of nitrogens with zero attached hydrogens (tertiary/aromatic N) is 4. The Morgan fingerprint density at radius 3 is 2.66 bits per heavy atom. The van der Waals surface area contributed by atoms with Crippen LogP contribution in [0.25, 0.3) is 5.65 Å². The average molecular weight is 482 g/mol. The van der Waals surface area contributed by atoms with Crippen LogP contribution in [0.3, 0.4) is 0 Å². The summed E-state index contributed by atoms with van der Waals surface area (Å²) in [6.45, 7) is 0. The Hall–Kier alpha value is -3.44. The van der Waals surface area contributed by atoms with Crippen molar-refractivity contribution < 1.29 is 14.6 Å². The van der Waals surface area contributed by atoms with Crippen molar-refractivity contribution in [3.8, 4) is 0 Å². The molecule has 0 spiro atoms. The molecule has 0 unspecified atom stereocenters. The molecule has 186 valence electrons. The molecule has 5 rings (SSSR count). The van der Waals surface area contributed by atoms with Crippen LogP contribution >= 0.6 is 0 Å². The number of pyridine rings is 1. The number of nitrogens with one attached hydrogen (secondary N) is 3. The summed E-state index contributed by atoms with van der Waals surface area (Å²) >= 11 is 0. The quantitative estimate of drug-likeness (QED) is 0.403. The Balaban J connectivity index is 1.42. The standard InChI is InChI=1S/C24H31N7O4/c1-25-21-12-20(29-22-16(13-26-31(21)22)23(33)28-17-9-10-19(17)32)27-18-4-3-11-30(24(18)34)14-5-7-15(35-2)8-6-14/h3-4,11-15,17,19,25,32H,5-10H2,1-2H3,(H,27,29)(H,28,33)/t14-,15+,17-,19+/m0/s1. The lowest BCUT2D eigenvalue weighted by Crippen LogP contribution is -2.50. The zero-order valence-electron chi connectivity index (χ0n) is 19.9. The predicted octanol–water partition coefficient (Wildman–Crippen LogP) is 2.06. The van der Waals surface area contributed by atoms with Crippen molar-refractivity contribution in [1.29, 1.82) is 0 Å². The highest BCUT2D eigenvalue weighted by molar-refractivity contribution is 6.00. The molecule has 2 saturated carbocycles. The summed E-state index contributed by atoms with van der Waals surface area (Å²) < 4.78 is 8.78. The zero-order valence-corrected chi connectivity index (χ0v) is 19.9. The van der Waals surface area contributed by atoms with Gasteiger partial charge in [-0.25, -0.2) is 4.98 Å². The van der Waals surface area contributed by atoms with Crippen molar-refractivity contribution in [2.45, 2.75) is 62.8 Å². The third-order valence-electron chi connectivity index (χ3n) is 7.13. The van der Waals surface area contributed by atoms with Gasteiger partial charge in [-0.3, -0.25) is 9.59 Å². The average Bonchev–Trinajstić information content (AvgIpc) is 3.31. The fourth-order valence-corrected chi connectivity index (χ4v) is 4.85. The van der Waals surface area contributed by atoms with E-state index >= 15 is 0 Å². The van der Waals surface area contributed by atoms with Gasteiger partial charge in [0.15, 0.2) is 5.65 Å². The van der Waals surface area contributed by atoms with Crippen LogP contribution in [0, 0.1) is 0 Å². The minimum absolute atomic E-state index is 0.119. The molecular formula is C24H31N7O4. The second-order valence-electron chi connectivity index (χ2n) is 9.22. The number of methoxy groups -OCH3 is 1. The van der Waals surface area contributed by atoms with E-state index in [4.69, 9.17) is 4.74 Å². The summed E-state index contributed by atoms with van der Waals surface area (Å²) in [6, 6.07) is 5.19. The summed E-state index contributed by atoms with van der Waals surface area (Å²) in [5, 5.41) is 23.2. The van der Waals surface area contributed by atoms with Gasteiger partial charge in [-0.15, -0.1) is 0 Å². The van der Waals surface area contributed by atoms with Crippen molar-refractivity contribution in [3.05, 3.63) is 46.5 Å².